The molecule has 0 aromatic heterocycles. The van der Waals surface area contributed by atoms with Gasteiger partial charge in [0.25, 0.3) is 0 Å². The van der Waals surface area contributed by atoms with Gasteiger partial charge in [0.1, 0.15) is 11.3 Å². The van der Waals surface area contributed by atoms with Crippen molar-refractivity contribution in [2.24, 2.45) is 0 Å². The first-order valence-electron chi connectivity index (χ1n) is 4.27. The summed E-state index contributed by atoms with van der Waals surface area (Å²) in [5.41, 5.74) is 1.14. The van der Waals surface area contributed by atoms with Crippen LogP contribution in [0.5, 0.6) is 5.75 Å². The molecule has 3 nitrogen and oxygen atoms in total. The van der Waals surface area contributed by atoms with E-state index in [2.05, 4.69) is 0 Å². The van der Waals surface area contributed by atoms with Gasteiger partial charge in [0.2, 0.25) is 0 Å². The Morgan fingerprint density at radius 1 is 1.50 bits per heavy atom. The predicted octanol–water partition coefficient (Wildman–Crippen LogP) is 2.61. The van der Waals surface area contributed by atoms with Crippen molar-refractivity contribution in [3.63, 3.8) is 0 Å². The predicted molar refractivity (Wildman–Crippen MR) is 53.6 cm³/mol. The molecule has 0 aliphatic heterocycles. The van der Waals surface area contributed by atoms with Crippen molar-refractivity contribution in [2.75, 3.05) is 0 Å². The number of benzene rings is 1. The summed E-state index contributed by atoms with van der Waals surface area (Å²) in [5.74, 6) is -0.611. The van der Waals surface area contributed by atoms with E-state index in [1.54, 1.807) is 25.1 Å². The molecular weight excluding hydrogens is 180 g/mol. The average Bonchev–Trinajstić information content (AvgIpc) is 2.14. The number of aromatic carboxylic acids is 1. The molecule has 0 amide bonds. The van der Waals surface area contributed by atoms with Crippen LogP contribution in [0.15, 0.2) is 30.5 Å². The van der Waals surface area contributed by atoms with Gasteiger partial charge in [-0.3, -0.25) is 0 Å². The monoisotopic (exact) mass is 192 g/mol. The van der Waals surface area contributed by atoms with Crippen LogP contribution in [0.2, 0.25) is 0 Å². The number of carboxylic acid groups (broad SMARTS) is 1. The minimum atomic E-state index is -0.982. The van der Waals surface area contributed by atoms with Crippen LogP contribution in [0, 0.1) is 6.92 Å². The van der Waals surface area contributed by atoms with E-state index in [1.165, 1.54) is 12.3 Å². The zero-order valence-corrected chi connectivity index (χ0v) is 8.15. The highest BCUT2D eigenvalue weighted by molar-refractivity contribution is 5.91. The number of rotatable bonds is 3. The first-order chi connectivity index (χ1) is 6.65. The molecule has 14 heavy (non-hydrogen) atoms. The van der Waals surface area contributed by atoms with Crippen molar-refractivity contribution < 1.29 is 14.6 Å². The van der Waals surface area contributed by atoms with Gasteiger partial charge in [-0.05, 0) is 31.5 Å². The molecule has 0 unspecified atom stereocenters. The summed E-state index contributed by atoms with van der Waals surface area (Å²) < 4.78 is 5.17. The molecule has 3 heteroatoms. The van der Waals surface area contributed by atoms with E-state index in [1.807, 2.05) is 6.92 Å². The number of allylic oxidation sites excluding steroid dienone is 1. The highest BCUT2D eigenvalue weighted by atomic mass is 16.5. The molecule has 0 fully saturated rings. The third-order valence-electron chi connectivity index (χ3n) is 1.70. The van der Waals surface area contributed by atoms with Gasteiger partial charge in [-0.25, -0.2) is 4.79 Å². The fraction of sp³-hybridized carbons (Fsp3) is 0.182. The normalized spacial score (nSPS) is 10.4. The molecule has 0 atom stereocenters. The van der Waals surface area contributed by atoms with Crippen LogP contribution in [0.3, 0.4) is 0 Å². The highest BCUT2D eigenvalue weighted by Gasteiger charge is 2.09. The highest BCUT2D eigenvalue weighted by Crippen LogP contribution is 2.20. The number of hydrogen-bond donors (Lipinski definition) is 1. The van der Waals surface area contributed by atoms with Crippen LogP contribution in [0.25, 0.3) is 0 Å². The molecule has 74 valence electrons. The van der Waals surface area contributed by atoms with Crippen molar-refractivity contribution in [1.82, 2.24) is 0 Å². The van der Waals surface area contributed by atoms with Crippen LogP contribution < -0.4 is 4.74 Å². The van der Waals surface area contributed by atoms with E-state index in [0.717, 1.165) is 5.56 Å². The van der Waals surface area contributed by atoms with Crippen molar-refractivity contribution in [3.8, 4) is 5.75 Å². The Kier molecular flexibility index (Phi) is 3.29. The van der Waals surface area contributed by atoms with Gasteiger partial charge in [0.15, 0.2) is 0 Å². The maximum atomic E-state index is 10.8. The molecule has 0 bridgehead atoms. The van der Waals surface area contributed by atoms with Crippen LogP contribution in [0.4, 0.5) is 0 Å². The largest absolute Gasteiger partial charge is 0.478 e. The number of carboxylic acids is 1. The molecular formula is C11H12O3. The summed E-state index contributed by atoms with van der Waals surface area (Å²) in [7, 11) is 0. The van der Waals surface area contributed by atoms with Gasteiger partial charge >= 0.3 is 5.97 Å². The summed E-state index contributed by atoms with van der Waals surface area (Å²) in [6, 6.07) is 4.98. The molecule has 0 heterocycles. The molecule has 0 aliphatic rings. The number of ether oxygens (including phenoxy) is 1. The summed E-state index contributed by atoms with van der Waals surface area (Å²) in [6.07, 6.45) is 3.16. The Morgan fingerprint density at radius 3 is 2.79 bits per heavy atom. The topological polar surface area (TPSA) is 46.5 Å². The first kappa shape index (κ1) is 10.3. The smallest absolute Gasteiger partial charge is 0.339 e. The number of hydrogen-bond acceptors (Lipinski definition) is 2. The second kappa shape index (κ2) is 4.46. The van der Waals surface area contributed by atoms with E-state index >= 15 is 0 Å². The Balaban J connectivity index is 3.09. The number of aryl methyl sites for hydroxylation is 1. The van der Waals surface area contributed by atoms with Crippen LogP contribution >= 0.6 is 0 Å². The minimum Gasteiger partial charge on any atom is -0.478 e. The molecule has 1 rings (SSSR count). The maximum absolute atomic E-state index is 10.8. The Bertz CT molecular complexity index is 367. The molecule has 1 aromatic rings. The Labute approximate surface area is 82.6 Å². The second-order valence-electron chi connectivity index (χ2n) is 2.89. The SMILES string of the molecule is CC=COc1cc(C)ccc1C(=O)O. The Hall–Kier alpha value is -1.77. The molecule has 0 aliphatic carbocycles. The fourth-order valence-electron chi connectivity index (χ4n) is 1.05. The quantitative estimate of drug-likeness (QED) is 0.749. The minimum absolute atomic E-state index is 0.175. The Morgan fingerprint density at radius 2 is 2.21 bits per heavy atom. The van der Waals surface area contributed by atoms with E-state index in [4.69, 9.17) is 9.84 Å². The average molecular weight is 192 g/mol. The van der Waals surface area contributed by atoms with E-state index in [0.29, 0.717) is 5.75 Å². The van der Waals surface area contributed by atoms with Gasteiger partial charge in [-0.15, -0.1) is 0 Å². The fourth-order valence-corrected chi connectivity index (χ4v) is 1.05. The molecule has 0 saturated heterocycles. The standard InChI is InChI=1S/C11H12O3/c1-3-6-14-10-7-8(2)4-5-9(10)11(12)13/h3-7H,1-2H3,(H,12,13). The summed E-state index contributed by atoms with van der Waals surface area (Å²) in [6.45, 7) is 3.68. The van der Waals surface area contributed by atoms with E-state index in [9.17, 15) is 4.79 Å². The van der Waals surface area contributed by atoms with Crippen molar-refractivity contribution in [3.05, 3.63) is 41.7 Å². The first-order valence-corrected chi connectivity index (χ1v) is 4.27. The number of carbonyl (C=O) groups is 1. The summed E-state index contributed by atoms with van der Waals surface area (Å²) in [5, 5.41) is 8.85. The van der Waals surface area contributed by atoms with Crippen molar-refractivity contribution in [2.45, 2.75) is 13.8 Å². The second-order valence-corrected chi connectivity index (χ2v) is 2.89. The maximum Gasteiger partial charge on any atom is 0.339 e. The molecule has 1 aromatic carbocycles. The zero-order valence-electron chi connectivity index (χ0n) is 8.15. The van der Waals surface area contributed by atoms with Gasteiger partial charge < -0.3 is 9.84 Å². The molecule has 0 radical (unpaired) electrons. The van der Waals surface area contributed by atoms with Crippen molar-refractivity contribution >= 4 is 5.97 Å². The van der Waals surface area contributed by atoms with Crippen molar-refractivity contribution in [1.29, 1.82) is 0 Å². The van der Waals surface area contributed by atoms with Gasteiger partial charge in [-0.2, -0.15) is 0 Å². The van der Waals surface area contributed by atoms with Crippen LogP contribution in [0.1, 0.15) is 22.8 Å². The molecule has 0 spiro atoms. The lowest BCUT2D eigenvalue weighted by molar-refractivity contribution is 0.0694. The lowest BCUT2D eigenvalue weighted by Gasteiger charge is -2.05. The van der Waals surface area contributed by atoms with E-state index < -0.39 is 5.97 Å². The lowest BCUT2D eigenvalue weighted by Crippen LogP contribution is -1.99. The van der Waals surface area contributed by atoms with Gasteiger partial charge in [0, 0.05) is 0 Å². The van der Waals surface area contributed by atoms with Gasteiger partial charge in [-0.1, -0.05) is 12.1 Å². The third-order valence-corrected chi connectivity index (χ3v) is 1.70. The van der Waals surface area contributed by atoms with Gasteiger partial charge in [0.05, 0.1) is 6.26 Å². The van der Waals surface area contributed by atoms with Crippen LogP contribution in [-0.2, 0) is 0 Å². The molecule has 0 saturated carbocycles. The molecule has 1 N–H and O–H groups in total. The van der Waals surface area contributed by atoms with Crippen LogP contribution in [-0.4, -0.2) is 11.1 Å². The summed E-state index contributed by atoms with van der Waals surface area (Å²) in [4.78, 5) is 10.8. The lowest BCUT2D eigenvalue weighted by atomic mass is 10.1. The van der Waals surface area contributed by atoms with E-state index in [-0.39, 0.29) is 5.56 Å². The zero-order chi connectivity index (χ0) is 10.6. The third kappa shape index (κ3) is 2.36. The summed E-state index contributed by atoms with van der Waals surface area (Å²) >= 11 is 0.